The van der Waals surface area contributed by atoms with Crippen molar-refractivity contribution in [2.75, 3.05) is 26.8 Å². The molecule has 0 amide bonds. The molecule has 0 saturated carbocycles. The van der Waals surface area contributed by atoms with Gasteiger partial charge in [-0.15, -0.1) is 0 Å². The topological polar surface area (TPSA) is 99.9 Å². The first-order valence-electron chi connectivity index (χ1n) is 10.4. The molecule has 0 spiro atoms. The number of ether oxygens (including phenoxy) is 3. The summed E-state index contributed by atoms with van der Waals surface area (Å²) >= 11 is 0. The molecule has 0 aromatic heterocycles. The van der Waals surface area contributed by atoms with Gasteiger partial charge in [-0.2, -0.15) is 0 Å². The Hall–Kier alpha value is -2.29. The first kappa shape index (κ1) is 17.8. The Balaban J connectivity index is 1.94. The quantitative estimate of drug-likeness (QED) is 0.551. The number of nitrogens with two attached hydrogens (primary N) is 1. The Morgan fingerprint density at radius 3 is 2.50 bits per heavy atom. The zero-order valence-corrected chi connectivity index (χ0v) is 16.8. The Labute approximate surface area is 171 Å². The number of para-hydroxylation sites is 2. The van der Waals surface area contributed by atoms with Crippen LogP contribution in [0.1, 0.15) is 23.5 Å². The Morgan fingerprint density at radius 1 is 1.14 bits per heavy atom. The minimum Gasteiger partial charge on any atom is -0.495 e. The van der Waals surface area contributed by atoms with Gasteiger partial charge in [-0.05, 0) is 50.1 Å². The van der Waals surface area contributed by atoms with Crippen molar-refractivity contribution in [3.8, 4) is 17.2 Å². The average Bonchev–Trinajstić information content (AvgIpc) is 2.66. The van der Waals surface area contributed by atoms with Crippen molar-refractivity contribution in [1.82, 2.24) is 5.32 Å². The number of rotatable bonds is 11. The van der Waals surface area contributed by atoms with Gasteiger partial charge in [0, 0.05) is 12.6 Å². The van der Waals surface area contributed by atoms with Crippen LogP contribution in [0.2, 0.25) is 0 Å². The molecule has 2 aromatic carbocycles. The van der Waals surface area contributed by atoms with E-state index in [1.165, 1.54) is 12.1 Å². The van der Waals surface area contributed by atoms with Gasteiger partial charge < -0.3 is 19.5 Å². The van der Waals surface area contributed by atoms with Crippen molar-refractivity contribution < 1.29 is 26.7 Å². The van der Waals surface area contributed by atoms with Crippen LogP contribution in [0, 0.1) is 0 Å². The predicted molar refractivity (Wildman–Crippen MR) is 109 cm³/mol. The molecule has 0 aliphatic carbocycles. The summed E-state index contributed by atoms with van der Waals surface area (Å²) in [6.07, 6.45) is 0.492. The fraction of sp³-hybridized carbons (Fsp3) is 0.400. The van der Waals surface area contributed by atoms with Crippen LogP contribution in [0.3, 0.4) is 0 Å². The van der Waals surface area contributed by atoms with Gasteiger partial charge in [0.15, 0.2) is 11.5 Å². The Bertz CT molecular complexity index is 968. The molecule has 0 aliphatic rings. The highest BCUT2D eigenvalue weighted by molar-refractivity contribution is 7.89. The lowest BCUT2D eigenvalue weighted by molar-refractivity contribution is 0.272. The second kappa shape index (κ2) is 10.3. The lowest BCUT2D eigenvalue weighted by Gasteiger charge is -2.16. The van der Waals surface area contributed by atoms with E-state index in [0.29, 0.717) is 43.2 Å². The molecular weight excluding hydrogens is 380 g/mol. The van der Waals surface area contributed by atoms with Gasteiger partial charge in [0.2, 0.25) is 10.0 Å². The van der Waals surface area contributed by atoms with E-state index < -0.39 is 17.1 Å². The molecule has 0 unspecified atom stereocenters. The molecule has 0 fully saturated rings. The number of hydrogen-bond donors (Lipinski definition) is 2. The smallest absolute Gasteiger partial charge is 0.241 e. The summed E-state index contributed by atoms with van der Waals surface area (Å²) in [4.78, 5) is -0.357. The molecule has 154 valence electrons. The molecule has 8 heteroatoms. The van der Waals surface area contributed by atoms with E-state index in [1.54, 1.807) is 6.07 Å². The number of primary sulfonamides is 1. The van der Waals surface area contributed by atoms with Gasteiger partial charge in [-0.25, -0.2) is 13.6 Å². The SMILES string of the molecule is [2H]C([2H])([2H])Oc1ccc(C[C@@H](C)NCCOc2ccccc2OCC)cc1S(N)(=O)=O. The van der Waals surface area contributed by atoms with Crippen molar-refractivity contribution in [3.05, 3.63) is 48.0 Å². The van der Waals surface area contributed by atoms with Crippen molar-refractivity contribution in [2.45, 2.75) is 31.2 Å². The zero-order valence-electron chi connectivity index (χ0n) is 19.0. The van der Waals surface area contributed by atoms with Gasteiger partial charge >= 0.3 is 0 Å². The van der Waals surface area contributed by atoms with Gasteiger partial charge in [0.1, 0.15) is 17.3 Å². The van der Waals surface area contributed by atoms with Crippen LogP contribution in [-0.4, -0.2) is 41.3 Å². The van der Waals surface area contributed by atoms with Gasteiger partial charge in [0.05, 0.1) is 17.8 Å². The molecule has 28 heavy (non-hydrogen) atoms. The molecule has 2 rings (SSSR count). The summed E-state index contributed by atoms with van der Waals surface area (Å²) in [6.45, 7) is 5.37. The fourth-order valence-corrected chi connectivity index (χ4v) is 3.43. The van der Waals surface area contributed by atoms with E-state index in [2.05, 4.69) is 5.32 Å². The van der Waals surface area contributed by atoms with Crippen LogP contribution in [0.15, 0.2) is 47.4 Å². The molecule has 0 heterocycles. The van der Waals surface area contributed by atoms with Crippen LogP contribution >= 0.6 is 0 Å². The molecule has 0 saturated heterocycles. The Kier molecular flexibility index (Phi) is 6.55. The number of benzene rings is 2. The van der Waals surface area contributed by atoms with Crippen LogP contribution in [0.25, 0.3) is 0 Å². The lowest BCUT2D eigenvalue weighted by Crippen LogP contribution is -2.32. The maximum atomic E-state index is 11.9. The molecule has 0 radical (unpaired) electrons. The summed E-state index contributed by atoms with van der Waals surface area (Å²) in [5.74, 6) is 1.06. The van der Waals surface area contributed by atoms with Crippen LogP contribution in [0.5, 0.6) is 17.2 Å². The molecule has 3 N–H and O–H groups in total. The highest BCUT2D eigenvalue weighted by Gasteiger charge is 2.16. The second-order valence-corrected chi connectivity index (χ2v) is 7.75. The summed E-state index contributed by atoms with van der Waals surface area (Å²) < 4.78 is 61.3. The Morgan fingerprint density at radius 2 is 1.86 bits per heavy atom. The van der Waals surface area contributed by atoms with Crippen molar-refractivity contribution in [3.63, 3.8) is 0 Å². The van der Waals surface area contributed by atoms with Crippen LogP contribution in [-0.2, 0) is 16.4 Å². The number of methoxy groups -OCH3 is 1. The van der Waals surface area contributed by atoms with Crippen LogP contribution < -0.4 is 24.7 Å². The second-order valence-electron chi connectivity index (χ2n) is 6.22. The van der Waals surface area contributed by atoms with E-state index in [-0.39, 0.29) is 16.7 Å². The zero-order chi connectivity index (χ0) is 23.1. The predicted octanol–water partition coefficient (Wildman–Crippen LogP) is 2.34. The molecule has 1 atom stereocenters. The first-order valence-corrected chi connectivity index (χ1v) is 10.5. The van der Waals surface area contributed by atoms with E-state index in [4.69, 9.17) is 23.5 Å². The van der Waals surface area contributed by atoms with Crippen molar-refractivity contribution in [2.24, 2.45) is 5.14 Å². The maximum absolute atomic E-state index is 11.9. The third kappa shape index (κ3) is 6.40. The summed E-state index contributed by atoms with van der Waals surface area (Å²) in [5.41, 5.74) is 0.671. The van der Waals surface area contributed by atoms with Crippen molar-refractivity contribution in [1.29, 1.82) is 0 Å². The summed E-state index contributed by atoms with van der Waals surface area (Å²) in [7, 11) is -6.93. The lowest BCUT2D eigenvalue weighted by atomic mass is 10.1. The summed E-state index contributed by atoms with van der Waals surface area (Å²) in [6, 6.07) is 11.7. The monoisotopic (exact) mass is 411 g/mol. The van der Waals surface area contributed by atoms with E-state index >= 15 is 0 Å². The minimum absolute atomic E-state index is 0.00607. The minimum atomic E-state index is -4.15. The van der Waals surface area contributed by atoms with Gasteiger partial charge in [-0.3, -0.25) is 0 Å². The standard InChI is InChI=1S/C20H28N2O5S/c1-4-26-17-7-5-6-8-18(17)27-12-11-22-15(2)13-16-9-10-19(25-3)20(14-16)28(21,23)24/h5-10,14-15,22H,4,11-13H2,1-3H3,(H2,21,23,24)/t15-/m1/s1/i3D3. The number of hydrogen-bond acceptors (Lipinski definition) is 6. The average molecular weight is 412 g/mol. The van der Waals surface area contributed by atoms with E-state index in [0.717, 1.165) is 0 Å². The summed E-state index contributed by atoms with van der Waals surface area (Å²) in [5, 5.41) is 8.53. The van der Waals surface area contributed by atoms with E-state index in [1.807, 2.05) is 38.1 Å². The molecular formula is C20H28N2O5S. The van der Waals surface area contributed by atoms with Gasteiger partial charge in [-0.1, -0.05) is 18.2 Å². The maximum Gasteiger partial charge on any atom is 0.241 e. The number of sulfonamides is 1. The molecule has 0 aliphatic heterocycles. The third-order valence-corrected chi connectivity index (χ3v) is 4.90. The normalized spacial score (nSPS) is 14.5. The third-order valence-electron chi connectivity index (χ3n) is 3.97. The number of nitrogens with one attached hydrogen (secondary N) is 1. The first-order chi connectivity index (χ1) is 14.5. The van der Waals surface area contributed by atoms with E-state index in [9.17, 15) is 8.42 Å². The fourth-order valence-electron chi connectivity index (χ4n) is 2.72. The highest BCUT2D eigenvalue weighted by atomic mass is 32.2. The highest BCUT2D eigenvalue weighted by Crippen LogP contribution is 2.26. The van der Waals surface area contributed by atoms with Gasteiger partial charge in [0.25, 0.3) is 0 Å². The molecule has 7 nitrogen and oxygen atoms in total. The molecule has 0 bridgehead atoms. The molecule has 2 aromatic rings. The van der Waals surface area contributed by atoms with Crippen molar-refractivity contribution >= 4 is 10.0 Å². The largest absolute Gasteiger partial charge is 0.495 e. The van der Waals surface area contributed by atoms with Crippen LogP contribution in [0.4, 0.5) is 0 Å².